The zero-order valence-electron chi connectivity index (χ0n) is 44.2. The second kappa shape index (κ2) is 41.5. The Morgan fingerprint density at radius 2 is 0.988 bits per heavy atom. The fourth-order valence-corrected chi connectivity index (χ4v) is 17.0. The second-order valence-electron chi connectivity index (χ2n) is 17.0. The lowest BCUT2D eigenvalue weighted by atomic mass is 10.1. The minimum absolute atomic E-state index is 0.00400. The van der Waals surface area contributed by atoms with E-state index in [1.54, 1.807) is 30.3 Å². The summed E-state index contributed by atoms with van der Waals surface area (Å²) in [6, 6.07) is 24.4. The summed E-state index contributed by atoms with van der Waals surface area (Å²) in [6.07, 6.45) is 3.92. The van der Waals surface area contributed by atoms with Crippen molar-refractivity contribution in [1.29, 1.82) is 10.5 Å². The molecule has 1 fully saturated rings. The van der Waals surface area contributed by atoms with E-state index in [-0.39, 0.29) is 31.4 Å². The minimum Gasteiger partial charge on any atom is -0.465 e. The molecule has 0 spiro atoms. The number of nitrogens with zero attached hydrogens (tertiary/aromatic N) is 4. The second-order valence-corrected chi connectivity index (χ2v) is 27.4. The Hall–Kier alpha value is -0.720. The lowest BCUT2D eigenvalue weighted by Gasteiger charge is -2.22. The number of hydrogen-bond donors (Lipinski definition) is 2. The van der Waals surface area contributed by atoms with Gasteiger partial charge in [-0.1, -0.05) is 228 Å². The molecule has 1 unspecified atom stereocenters. The van der Waals surface area contributed by atoms with Gasteiger partial charge >= 0.3 is 11.9 Å². The molecule has 1 aliphatic heterocycles. The maximum atomic E-state index is 11.2. The smallest absolute Gasteiger partial charge is 0.337 e. The zero-order valence-corrected chi connectivity index (χ0v) is 64.8. The standard InChI is InChI=1S/C14H15Br2NO2.C9H7Br3O2.C9H7Br2NO.C9H8Br2O2.C8H7Br3O.C7H8Cl2N2/c15-12-7-10(8-13(16)11(12)4-5-17)9-19-14-3-1-2-6-18-14;1-14-9(13)5-2-7(11)6(4-10)8(12)3-5;10-8-3-6(5-13)4-9(11)7(8)1-2-12;1-5-7(10)3-6(4-8(5)11)9(12)13-2;9-3-6-7(10)1-5(4-12)2-8(6)11;1-4(2)5-3-6(8)10-11-7(5)9/h7-8,14H,1-4,6,9H2;2-3H,4H2,1H3;3-4,13H,1,5H2;3-4H,1-2H3;1-2,12H,3-4H2;3-4H,1-2H3. The summed E-state index contributed by atoms with van der Waals surface area (Å²) in [5.41, 5.74) is 9.96. The number of rotatable bonds is 12. The van der Waals surface area contributed by atoms with Gasteiger partial charge < -0.3 is 29.2 Å². The van der Waals surface area contributed by atoms with Crippen LogP contribution in [-0.2, 0) is 62.3 Å². The molecule has 2 heterocycles. The SMILES string of the molecule is CC(C)c1cc(Cl)nnc1Cl.COC(=O)c1cc(Br)c(C)c(Br)c1.COC(=O)c1cc(Br)c(CBr)c(Br)c1.N#CCc1c(Br)cc(CO)cc1Br.N#CCc1c(Br)cc(COC2CCCCO2)cc1Br.OCc1cc(Br)c(CBr)c(Br)c1. The molecule has 2 N–H and O–H groups in total. The van der Waals surface area contributed by atoms with Crippen LogP contribution in [0.1, 0.15) is 110 Å². The monoisotopic (exact) mass is 1930 g/mol. The zero-order chi connectivity index (χ0) is 61.8. The Labute approximate surface area is 589 Å². The van der Waals surface area contributed by atoms with Crippen molar-refractivity contribution in [2.45, 2.75) is 95.6 Å². The fraction of sp³-hybridized carbons (Fsp3) is 0.321. The van der Waals surface area contributed by atoms with Crippen LogP contribution in [0.15, 0.2) is 111 Å². The molecule has 82 heavy (non-hydrogen) atoms. The van der Waals surface area contributed by atoms with Crippen LogP contribution in [0, 0.1) is 29.6 Å². The van der Waals surface area contributed by atoms with E-state index in [0.717, 1.165) is 125 Å². The van der Waals surface area contributed by atoms with Gasteiger partial charge in [-0.25, -0.2) is 9.59 Å². The lowest BCUT2D eigenvalue weighted by Crippen LogP contribution is -2.22. The molecule has 1 aliphatic rings. The van der Waals surface area contributed by atoms with Crippen molar-refractivity contribution in [3.05, 3.63) is 183 Å². The van der Waals surface area contributed by atoms with Crippen LogP contribution in [-0.4, -0.2) is 59.5 Å². The number of aliphatic hydroxyl groups excluding tert-OH is 2. The average molecular weight is 1940 g/mol. The third kappa shape index (κ3) is 26.5. The van der Waals surface area contributed by atoms with Crippen LogP contribution in [0.25, 0.3) is 0 Å². The Morgan fingerprint density at radius 3 is 1.32 bits per heavy atom. The number of aromatic nitrogens is 2. The van der Waals surface area contributed by atoms with E-state index in [1.807, 2.05) is 57.2 Å². The molecular weight excluding hydrogens is 1890 g/mol. The van der Waals surface area contributed by atoms with Crippen molar-refractivity contribution in [3.63, 3.8) is 0 Å². The van der Waals surface area contributed by atoms with Gasteiger partial charge in [-0.15, -0.1) is 10.2 Å². The quantitative estimate of drug-likeness (QED) is 0.0874. The predicted molar refractivity (Wildman–Crippen MR) is 367 cm³/mol. The van der Waals surface area contributed by atoms with Gasteiger partial charge in [-0.05, 0) is 149 Å². The molecule has 0 bridgehead atoms. The molecule has 1 atom stereocenters. The van der Waals surface area contributed by atoms with Gasteiger partial charge in [0.25, 0.3) is 0 Å². The molecule has 5 aromatic carbocycles. The van der Waals surface area contributed by atoms with Crippen LogP contribution in [0.3, 0.4) is 0 Å². The number of methoxy groups -OCH3 is 2. The van der Waals surface area contributed by atoms with Gasteiger partial charge in [0.15, 0.2) is 16.6 Å². The number of aliphatic hydroxyl groups is 2. The molecule has 6 aromatic rings. The molecule has 442 valence electrons. The molecular formula is C56H52Br12Cl2N4O8. The molecule has 7 rings (SSSR count). The molecule has 0 aliphatic carbocycles. The molecule has 0 saturated carbocycles. The first-order chi connectivity index (χ1) is 38.8. The summed E-state index contributed by atoms with van der Waals surface area (Å²) in [5, 5.41) is 44.7. The van der Waals surface area contributed by atoms with E-state index >= 15 is 0 Å². The van der Waals surface area contributed by atoms with E-state index in [2.05, 4.69) is 223 Å². The number of esters is 2. The number of nitriles is 2. The van der Waals surface area contributed by atoms with Gasteiger partial charge in [0.2, 0.25) is 0 Å². The van der Waals surface area contributed by atoms with Crippen molar-refractivity contribution in [1.82, 2.24) is 10.2 Å². The lowest BCUT2D eigenvalue weighted by molar-refractivity contribution is -0.168. The molecule has 1 saturated heterocycles. The number of carbonyl (C=O) groups is 2. The van der Waals surface area contributed by atoms with E-state index < -0.39 is 0 Å². The normalized spacial score (nSPS) is 12.2. The third-order valence-electron chi connectivity index (χ3n) is 11.0. The highest BCUT2D eigenvalue weighted by molar-refractivity contribution is 9.12. The van der Waals surface area contributed by atoms with E-state index in [9.17, 15) is 9.59 Å². The average Bonchev–Trinajstić information content (AvgIpc) is 3.46. The van der Waals surface area contributed by atoms with Crippen molar-refractivity contribution >= 4 is 226 Å². The Balaban J connectivity index is 0.000000339. The highest BCUT2D eigenvalue weighted by Crippen LogP contribution is 2.33. The highest BCUT2D eigenvalue weighted by Gasteiger charge is 2.16. The Kier molecular flexibility index (Phi) is 39.2. The predicted octanol–water partition coefficient (Wildman–Crippen LogP) is 20.8. The van der Waals surface area contributed by atoms with E-state index in [0.29, 0.717) is 46.8 Å². The summed E-state index contributed by atoms with van der Waals surface area (Å²) >= 11 is 52.2. The van der Waals surface area contributed by atoms with Gasteiger partial charge in [-0.3, -0.25) is 0 Å². The summed E-state index contributed by atoms with van der Waals surface area (Å²) in [5.74, 6) is -0.343. The van der Waals surface area contributed by atoms with Gasteiger partial charge in [-0.2, -0.15) is 10.5 Å². The number of ether oxygens (including phenoxy) is 4. The number of benzene rings is 5. The first-order valence-corrected chi connectivity index (χ1v) is 34.8. The molecule has 26 heteroatoms. The van der Waals surface area contributed by atoms with Gasteiger partial charge in [0, 0.05) is 62.0 Å². The third-order valence-corrected chi connectivity index (χ3v) is 19.9. The number of carbonyl (C=O) groups excluding carboxylic acids is 2. The summed E-state index contributed by atoms with van der Waals surface area (Å²) in [6.45, 7) is 7.39. The van der Waals surface area contributed by atoms with Gasteiger partial charge in [0.1, 0.15) is 0 Å². The van der Waals surface area contributed by atoms with Crippen molar-refractivity contribution < 1.29 is 38.7 Å². The van der Waals surface area contributed by atoms with Crippen LogP contribution in [0.4, 0.5) is 0 Å². The van der Waals surface area contributed by atoms with E-state index in [1.165, 1.54) is 20.6 Å². The Morgan fingerprint density at radius 1 is 0.610 bits per heavy atom. The topological polar surface area (TPSA) is 185 Å². The van der Waals surface area contributed by atoms with E-state index in [4.69, 9.17) is 53.4 Å². The molecule has 1 aromatic heterocycles. The number of halogens is 14. The minimum atomic E-state index is -0.340. The van der Waals surface area contributed by atoms with Crippen LogP contribution in [0.5, 0.6) is 0 Å². The Bertz CT molecular complexity index is 3060. The van der Waals surface area contributed by atoms with Crippen LogP contribution < -0.4 is 0 Å². The number of hydrogen-bond acceptors (Lipinski definition) is 12. The van der Waals surface area contributed by atoms with Crippen molar-refractivity contribution in [3.8, 4) is 12.1 Å². The highest BCUT2D eigenvalue weighted by atomic mass is 79.9. The summed E-state index contributed by atoms with van der Waals surface area (Å²) in [4.78, 5) is 22.4. The molecule has 0 radical (unpaired) electrons. The maximum absolute atomic E-state index is 11.2. The molecule has 12 nitrogen and oxygen atoms in total. The summed E-state index contributed by atoms with van der Waals surface area (Å²) < 4.78 is 29.7. The first kappa shape index (κ1) is 77.4. The van der Waals surface area contributed by atoms with Crippen molar-refractivity contribution in [2.75, 3.05) is 20.8 Å². The molecule has 0 amide bonds. The van der Waals surface area contributed by atoms with Crippen LogP contribution >= 0.6 is 214 Å². The fourth-order valence-electron chi connectivity index (χ4n) is 6.51. The van der Waals surface area contributed by atoms with Crippen LogP contribution in [0.2, 0.25) is 10.3 Å². The summed E-state index contributed by atoms with van der Waals surface area (Å²) in [7, 11) is 2.73. The first-order valence-electron chi connectivity index (χ1n) is 23.8. The van der Waals surface area contributed by atoms with Crippen molar-refractivity contribution in [2.24, 2.45) is 0 Å². The largest absolute Gasteiger partial charge is 0.465 e. The number of alkyl halides is 2. The van der Waals surface area contributed by atoms with Gasteiger partial charge in [0.05, 0.1) is 70.1 Å². The maximum Gasteiger partial charge on any atom is 0.337 e.